The molecule has 1 aromatic carbocycles. The quantitative estimate of drug-likeness (QED) is 0.795. The average molecular weight is 371 g/mol. The van der Waals surface area contributed by atoms with Gasteiger partial charge in [-0.05, 0) is 45.4 Å². The number of hydrogen-bond donors (Lipinski definition) is 1. The van der Waals surface area contributed by atoms with Crippen LogP contribution in [0.5, 0.6) is 0 Å². The second-order valence-corrected chi connectivity index (χ2v) is 7.58. The van der Waals surface area contributed by atoms with Crippen molar-refractivity contribution in [1.82, 2.24) is 9.88 Å². The van der Waals surface area contributed by atoms with Crippen molar-refractivity contribution in [3.63, 3.8) is 0 Å². The zero-order valence-electron chi connectivity index (χ0n) is 16.1. The van der Waals surface area contributed by atoms with E-state index in [0.717, 1.165) is 17.8 Å². The summed E-state index contributed by atoms with van der Waals surface area (Å²) in [6.07, 6.45) is 0. The van der Waals surface area contributed by atoms with E-state index in [4.69, 9.17) is 5.26 Å². The first-order valence-electron chi connectivity index (χ1n) is 8.79. The van der Waals surface area contributed by atoms with Crippen molar-refractivity contribution in [2.24, 2.45) is 5.92 Å². The lowest BCUT2D eigenvalue weighted by Gasteiger charge is -2.20. The molecule has 1 N–H and O–H groups in total. The second-order valence-electron chi connectivity index (χ2n) is 6.72. The summed E-state index contributed by atoms with van der Waals surface area (Å²) in [7, 11) is 0. The Hall–Kier alpha value is -2.23. The summed E-state index contributed by atoms with van der Waals surface area (Å²) in [4.78, 5) is 18.9. The first kappa shape index (κ1) is 20.1. The van der Waals surface area contributed by atoms with Crippen molar-refractivity contribution < 1.29 is 4.79 Å². The van der Waals surface area contributed by atoms with Gasteiger partial charge in [0.05, 0.1) is 24.2 Å². The number of aryl methyl sites for hydroxylation is 3. The number of nitriles is 1. The SMILES string of the molecule is CCN(CC(=O)Nc1nc(-c2c(C)cc(C)cc2C)cs1)CC(C)C#N. The highest BCUT2D eigenvalue weighted by atomic mass is 32.1. The van der Waals surface area contributed by atoms with Crippen LogP contribution in [0.1, 0.15) is 30.5 Å². The fraction of sp³-hybridized carbons (Fsp3) is 0.450. The number of hydrogen-bond acceptors (Lipinski definition) is 5. The summed E-state index contributed by atoms with van der Waals surface area (Å²) in [5.41, 5.74) is 5.64. The van der Waals surface area contributed by atoms with Crippen molar-refractivity contribution >= 4 is 22.4 Å². The Balaban J connectivity index is 2.07. The van der Waals surface area contributed by atoms with Crippen molar-refractivity contribution in [2.45, 2.75) is 34.6 Å². The van der Waals surface area contributed by atoms with Gasteiger partial charge >= 0.3 is 0 Å². The van der Waals surface area contributed by atoms with Crippen molar-refractivity contribution in [3.05, 3.63) is 34.2 Å². The Morgan fingerprint density at radius 2 is 2.00 bits per heavy atom. The van der Waals surface area contributed by atoms with Gasteiger partial charge in [0.1, 0.15) is 0 Å². The maximum atomic E-state index is 12.3. The number of benzene rings is 1. The maximum Gasteiger partial charge on any atom is 0.240 e. The van der Waals surface area contributed by atoms with Gasteiger partial charge in [0.25, 0.3) is 0 Å². The average Bonchev–Trinajstić information content (AvgIpc) is 3.00. The number of nitrogens with one attached hydrogen (secondary N) is 1. The molecule has 5 nitrogen and oxygen atoms in total. The Kier molecular flexibility index (Phi) is 6.90. The van der Waals surface area contributed by atoms with Crippen molar-refractivity contribution in [1.29, 1.82) is 5.26 Å². The lowest BCUT2D eigenvalue weighted by atomic mass is 9.98. The molecule has 0 radical (unpaired) electrons. The van der Waals surface area contributed by atoms with E-state index >= 15 is 0 Å². The van der Waals surface area contributed by atoms with E-state index in [-0.39, 0.29) is 18.4 Å². The lowest BCUT2D eigenvalue weighted by Crippen LogP contribution is -2.35. The molecule has 1 aromatic heterocycles. The fourth-order valence-corrected chi connectivity index (χ4v) is 3.84. The minimum atomic E-state index is -0.102. The fourth-order valence-electron chi connectivity index (χ4n) is 3.13. The van der Waals surface area contributed by atoms with E-state index < -0.39 is 0 Å². The number of amides is 1. The predicted molar refractivity (Wildman–Crippen MR) is 107 cm³/mol. The van der Waals surface area contributed by atoms with Crippen LogP contribution < -0.4 is 5.32 Å². The summed E-state index contributed by atoms with van der Waals surface area (Å²) in [6.45, 7) is 11.7. The van der Waals surface area contributed by atoms with Gasteiger partial charge in [-0.25, -0.2) is 4.98 Å². The van der Waals surface area contributed by atoms with E-state index in [1.807, 2.05) is 24.1 Å². The molecular weight excluding hydrogens is 344 g/mol. The van der Waals surface area contributed by atoms with Gasteiger partial charge in [-0.1, -0.05) is 24.6 Å². The lowest BCUT2D eigenvalue weighted by molar-refractivity contribution is -0.117. The molecule has 0 saturated carbocycles. The second kappa shape index (κ2) is 8.93. The molecule has 1 atom stereocenters. The Morgan fingerprint density at radius 3 is 2.58 bits per heavy atom. The van der Waals surface area contributed by atoms with Crippen molar-refractivity contribution in [3.8, 4) is 17.3 Å². The van der Waals surface area contributed by atoms with Crippen LogP contribution in [0.3, 0.4) is 0 Å². The van der Waals surface area contributed by atoms with Crippen LogP contribution in [0.15, 0.2) is 17.5 Å². The predicted octanol–water partition coefficient (Wildman–Crippen LogP) is 4.16. The zero-order chi connectivity index (χ0) is 19.3. The molecule has 6 heteroatoms. The summed E-state index contributed by atoms with van der Waals surface area (Å²) < 4.78 is 0. The van der Waals surface area contributed by atoms with Crippen LogP contribution in [0, 0.1) is 38.0 Å². The number of nitrogens with zero attached hydrogens (tertiary/aromatic N) is 3. The largest absolute Gasteiger partial charge is 0.301 e. The normalized spacial score (nSPS) is 12.0. The topological polar surface area (TPSA) is 69.0 Å². The van der Waals surface area contributed by atoms with Gasteiger partial charge in [-0.15, -0.1) is 11.3 Å². The number of anilines is 1. The molecule has 26 heavy (non-hydrogen) atoms. The molecule has 0 aliphatic heterocycles. The van der Waals surface area contributed by atoms with Gasteiger partial charge in [0.15, 0.2) is 5.13 Å². The maximum absolute atomic E-state index is 12.3. The number of likely N-dealkylation sites (N-methyl/N-ethyl adjacent to an activating group) is 1. The van der Waals surface area contributed by atoms with Crippen LogP contribution >= 0.6 is 11.3 Å². The summed E-state index contributed by atoms with van der Waals surface area (Å²) in [5.74, 6) is -0.197. The molecule has 0 aliphatic carbocycles. The number of carbonyl (C=O) groups excluding carboxylic acids is 1. The zero-order valence-corrected chi connectivity index (χ0v) is 16.9. The highest BCUT2D eigenvalue weighted by Crippen LogP contribution is 2.31. The molecule has 1 unspecified atom stereocenters. The van der Waals surface area contributed by atoms with Crippen LogP contribution in [0.2, 0.25) is 0 Å². The minimum Gasteiger partial charge on any atom is -0.301 e. The van der Waals surface area contributed by atoms with E-state index in [9.17, 15) is 4.79 Å². The molecule has 0 bridgehead atoms. The third-order valence-corrected chi connectivity index (χ3v) is 5.01. The molecule has 0 saturated heterocycles. The Labute approximate surface area is 159 Å². The smallest absolute Gasteiger partial charge is 0.240 e. The summed E-state index contributed by atoms with van der Waals surface area (Å²) in [6, 6.07) is 6.50. The molecule has 1 heterocycles. The third kappa shape index (κ3) is 5.13. The Morgan fingerprint density at radius 1 is 1.35 bits per heavy atom. The number of thiazole rings is 1. The minimum absolute atomic E-state index is 0.0956. The van der Waals surface area contributed by atoms with Crippen LogP contribution in [-0.2, 0) is 4.79 Å². The van der Waals surface area contributed by atoms with Gasteiger partial charge in [-0.2, -0.15) is 5.26 Å². The van der Waals surface area contributed by atoms with E-state index in [1.54, 1.807) is 0 Å². The highest BCUT2D eigenvalue weighted by Gasteiger charge is 2.15. The van der Waals surface area contributed by atoms with Crippen LogP contribution in [-0.4, -0.2) is 35.4 Å². The first-order valence-corrected chi connectivity index (χ1v) is 9.67. The number of carbonyl (C=O) groups is 1. The molecule has 138 valence electrons. The van der Waals surface area contributed by atoms with E-state index in [1.165, 1.54) is 28.0 Å². The third-order valence-electron chi connectivity index (χ3n) is 4.25. The van der Waals surface area contributed by atoms with Gasteiger partial charge in [0.2, 0.25) is 5.91 Å². The molecule has 0 fully saturated rings. The van der Waals surface area contributed by atoms with Crippen LogP contribution in [0.4, 0.5) is 5.13 Å². The first-order chi connectivity index (χ1) is 12.3. The number of rotatable bonds is 7. The van der Waals surface area contributed by atoms with Crippen LogP contribution in [0.25, 0.3) is 11.3 Å². The van der Waals surface area contributed by atoms with Gasteiger partial charge < -0.3 is 5.32 Å². The van der Waals surface area contributed by atoms with Crippen molar-refractivity contribution in [2.75, 3.05) is 25.0 Å². The van der Waals surface area contributed by atoms with E-state index in [0.29, 0.717) is 11.7 Å². The molecule has 1 amide bonds. The molecule has 2 rings (SSSR count). The molecule has 0 spiro atoms. The van der Waals surface area contributed by atoms with E-state index in [2.05, 4.69) is 49.3 Å². The van der Waals surface area contributed by atoms with Gasteiger partial charge in [0, 0.05) is 17.5 Å². The summed E-state index contributed by atoms with van der Waals surface area (Å²) >= 11 is 1.43. The number of aromatic nitrogens is 1. The molecule has 2 aromatic rings. The van der Waals surface area contributed by atoms with Gasteiger partial charge in [-0.3, -0.25) is 9.69 Å². The highest BCUT2D eigenvalue weighted by molar-refractivity contribution is 7.14. The molecular formula is C20H26N4OS. The Bertz CT molecular complexity index is 798. The standard InChI is InChI=1S/C20H26N4OS/c1-6-24(10-14(3)9-21)11-18(25)23-20-22-17(12-26-20)19-15(4)7-13(2)8-16(19)5/h7-8,12,14H,6,10-11H2,1-5H3,(H,22,23,25). The molecule has 0 aliphatic rings. The monoisotopic (exact) mass is 370 g/mol. The summed E-state index contributed by atoms with van der Waals surface area (Å²) in [5, 5.41) is 14.4.